The number of rotatable bonds is 6. The lowest BCUT2D eigenvalue weighted by Crippen LogP contribution is -2.43. The Morgan fingerprint density at radius 2 is 1.97 bits per heavy atom. The Balaban J connectivity index is 1.48. The average molecular weight is 393 g/mol. The van der Waals surface area contributed by atoms with Crippen LogP contribution in [0, 0.1) is 5.92 Å². The molecule has 4 rings (SSSR count). The number of aromatic nitrogens is 4. The van der Waals surface area contributed by atoms with Crippen molar-refractivity contribution in [1.82, 2.24) is 25.5 Å². The summed E-state index contributed by atoms with van der Waals surface area (Å²) in [6.07, 6.45) is 7.25. The van der Waals surface area contributed by atoms with E-state index >= 15 is 0 Å². The van der Waals surface area contributed by atoms with E-state index in [2.05, 4.69) is 30.8 Å². The standard InChI is InChI=1S/C22H28N6O/c1-14(2)20(26-21-16-9-6-7-10-17(16)24-13-25-21)22(29)23-12-19-15-8-4-3-5-11-18(15)27-28-19/h6-7,9-10,13-14,20H,3-5,8,11-12H2,1-2H3,(H,23,29)(H,27,28)(H,24,25,26). The number of hydrogen-bond donors (Lipinski definition) is 3. The minimum atomic E-state index is -0.397. The largest absolute Gasteiger partial charge is 0.358 e. The maximum atomic E-state index is 13.0. The normalized spacial score (nSPS) is 15.0. The van der Waals surface area contributed by atoms with Crippen LogP contribution in [0.2, 0.25) is 0 Å². The molecule has 1 atom stereocenters. The molecule has 1 amide bonds. The van der Waals surface area contributed by atoms with Gasteiger partial charge in [0.05, 0.1) is 17.8 Å². The third-order valence-electron chi connectivity index (χ3n) is 5.61. The molecule has 7 nitrogen and oxygen atoms in total. The molecule has 0 spiro atoms. The molecule has 0 saturated carbocycles. The number of carbonyl (C=O) groups is 1. The van der Waals surface area contributed by atoms with Crippen molar-refractivity contribution in [1.29, 1.82) is 0 Å². The second-order valence-electron chi connectivity index (χ2n) is 8.01. The van der Waals surface area contributed by atoms with E-state index in [0.717, 1.165) is 29.4 Å². The lowest BCUT2D eigenvalue weighted by atomic mass is 10.0. The predicted molar refractivity (Wildman–Crippen MR) is 113 cm³/mol. The van der Waals surface area contributed by atoms with Crippen LogP contribution in [0.4, 0.5) is 5.82 Å². The molecule has 0 aliphatic heterocycles. The number of nitrogens with zero attached hydrogens (tertiary/aromatic N) is 3. The van der Waals surface area contributed by atoms with E-state index in [4.69, 9.17) is 0 Å². The van der Waals surface area contributed by atoms with Crippen molar-refractivity contribution >= 4 is 22.6 Å². The number of aromatic amines is 1. The summed E-state index contributed by atoms with van der Waals surface area (Å²) in [7, 11) is 0. The number of fused-ring (bicyclic) bond motifs is 2. The second-order valence-corrected chi connectivity index (χ2v) is 8.01. The Bertz CT molecular complexity index is 991. The molecule has 3 aromatic rings. The van der Waals surface area contributed by atoms with Gasteiger partial charge in [-0.2, -0.15) is 5.10 Å². The monoisotopic (exact) mass is 392 g/mol. The number of carbonyl (C=O) groups excluding carboxylic acids is 1. The maximum absolute atomic E-state index is 13.0. The van der Waals surface area contributed by atoms with Crippen molar-refractivity contribution in [2.75, 3.05) is 5.32 Å². The summed E-state index contributed by atoms with van der Waals surface area (Å²) in [5.41, 5.74) is 4.34. The van der Waals surface area contributed by atoms with Gasteiger partial charge in [0.1, 0.15) is 18.2 Å². The van der Waals surface area contributed by atoms with Crippen molar-refractivity contribution in [3.8, 4) is 0 Å². The summed E-state index contributed by atoms with van der Waals surface area (Å²) in [5, 5.41) is 14.9. The van der Waals surface area contributed by atoms with Crippen LogP contribution in [0.25, 0.3) is 10.9 Å². The molecule has 152 valence electrons. The molecule has 7 heteroatoms. The highest BCUT2D eigenvalue weighted by Crippen LogP contribution is 2.23. The first-order valence-corrected chi connectivity index (χ1v) is 10.4. The van der Waals surface area contributed by atoms with Crippen molar-refractivity contribution < 1.29 is 4.79 Å². The predicted octanol–water partition coefficient (Wildman–Crippen LogP) is 3.37. The number of anilines is 1. The molecule has 0 saturated heterocycles. The molecule has 1 aliphatic rings. The van der Waals surface area contributed by atoms with Crippen molar-refractivity contribution in [2.24, 2.45) is 5.92 Å². The van der Waals surface area contributed by atoms with Gasteiger partial charge in [-0.05, 0) is 49.3 Å². The van der Waals surface area contributed by atoms with Crippen molar-refractivity contribution in [3.05, 3.63) is 47.5 Å². The minimum Gasteiger partial charge on any atom is -0.358 e. The van der Waals surface area contributed by atoms with Gasteiger partial charge in [-0.25, -0.2) is 9.97 Å². The molecular weight excluding hydrogens is 364 g/mol. The number of H-pyrrole nitrogens is 1. The average Bonchev–Trinajstić information content (AvgIpc) is 2.96. The van der Waals surface area contributed by atoms with Crippen LogP contribution in [-0.4, -0.2) is 32.1 Å². The number of para-hydroxylation sites is 1. The zero-order valence-electron chi connectivity index (χ0n) is 17.0. The van der Waals surface area contributed by atoms with E-state index in [9.17, 15) is 4.79 Å². The van der Waals surface area contributed by atoms with Crippen LogP contribution in [-0.2, 0) is 24.2 Å². The molecule has 0 radical (unpaired) electrons. The summed E-state index contributed by atoms with van der Waals surface area (Å²) in [6.45, 7) is 4.50. The summed E-state index contributed by atoms with van der Waals surface area (Å²) >= 11 is 0. The summed E-state index contributed by atoms with van der Waals surface area (Å²) in [5.74, 6) is 0.728. The third kappa shape index (κ3) is 4.23. The Morgan fingerprint density at radius 3 is 2.83 bits per heavy atom. The van der Waals surface area contributed by atoms with Gasteiger partial charge in [0.2, 0.25) is 5.91 Å². The van der Waals surface area contributed by atoms with E-state index in [1.807, 2.05) is 38.1 Å². The Labute approximate surface area is 170 Å². The molecule has 2 aromatic heterocycles. The number of benzene rings is 1. The zero-order chi connectivity index (χ0) is 20.2. The van der Waals surface area contributed by atoms with Crippen molar-refractivity contribution in [3.63, 3.8) is 0 Å². The molecule has 1 unspecified atom stereocenters. The Kier molecular flexibility index (Phi) is 5.74. The van der Waals surface area contributed by atoms with Crippen LogP contribution < -0.4 is 10.6 Å². The van der Waals surface area contributed by atoms with Crippen molar-refractivity contribution in [2.45, 2.75) is 58.5 Å². The molecular formula is C22H28N6O. The van der Waals surface area contributed by atoms with Crippen LogP contribution in [0.5, 0.6) is 0 Å². The molecule has 1 aliphatic carbocycles. The van der Waals surface area contributed by atoms with E-state index in [1.165, 1.54) is 36.8 Å². The lowest BCUT2D eigenvalue weighted by molar-refractivity contribution is -0.122. The van der Waals surface area contributed by atoms with Gasteiger partial charge in [0.15, 0.2) is 0 Å². The fourth-order valence-electron chi connectivity index (χ4n) is 3.96. The molecule has 0 bridgehead atoms. The topological polar surface area (TPSA) is 95.6 Å². The van der Waals surface area contributed by atoms with Gasteiger partial charge in [-0.3, -0.25) is 9.89 Å². The molecule has 29 heavy (non-hydrogen) atoms. The van der Waals surface area contributed by atoms with Crippen LogP contribution in [0.15, 0.2) is 30.6 Å². The fraction of sp³-hybridized carbons (Fsp3) is 0.455. The molecule has 3 N–H and O–H groups in total. The second kappa shape index (κ2) is 8.59. The summed E-state index contributed by atoms with van der Waals surface area (Å²) < 4.78 is 0. The third-order valence-corrected chi connectivity index (χ3v) is 5.61. The zero-order valence-corrected chi connectivity index (χ0v) is 17.0. The van der Waals surface area contributed by atoms with E-state index < -0.39 is 6.04 Å². The first-order chi connectivity index (χ1) is 14.1. The van der Waals surface area contributed by atoms with E-state index in [0.29, 0.717) is 12.4 Å². The highest BCUT2D eigenvalue weighted by atomic mass is 16.2. The number of hydrogen-bond acceptors (Lipinski definition) is 5. The first kappa shape index (κ1) is 19.4. The molecule has 0 fully saturated rings. The lowest BCUT2D eigenvalue weighted by Gasteiger charge is -2.22. The summed E-state index contributed by atoms with van der Waals surface area (Å²) in [4.78, 5) is 21.7. The van der Waals surface area contributed by atoms with Gasteiger partial charge in [-0.15, -0.1) is 0 Å². The number of amides is 1. The number of nitrogens with one attached hydrogen (secondary N) is 3. The highest BCUT2D eigenvalue weighted by Gasteiger charge is 2.24. The number of aryl methyl sites for hydroxylation is 1. The Morgan fingerprint density at radius 1 is 1.14 bits per heavy atom. The summed E-state index contributed by atoms with van der Waals surface area (Å²) in [6, 6.07) is 7.40. The molecule has 1 aromatic carbocycles. The highest BCUT2D eigenvalue weighted by molar-refractivity contribution is 5.92. The Hall–Kier alpha value is -2.96. The first-order valence-electron chi connectivity index (χ1n) is 10.4. The van der Waals surface area contributed by atoms with Gasteiger partial charge in [-0.1, -0.05) is 32.4 Å². The smallest absolute Gasteiger partial charge is 0.243 e. The van der Waals surface area contributed by atoms with E-state index in [-0.39, 0.29) is 11.8 Å². The van der Waals surface area contributed by atoms with Gasteiger partial charge >= 0.3 is 0 Å². The fourth-order valence-corrected chi connectivity index (χ4v) is 3.96. The quantitative estimate of drug-likeness (QED) is 0.559. The van der Waals surface area contributed by atoms with Gasteiger partial charge in [0, 0.05) is 11.1 Å². The van der Waals surface area contributed by atoms with Crippen LogP contribution in [0.3, 0.4) is 0 Å². The minimum absolute atomic E-state index is 0.0481. The SMILES string of the molecule is CC(C)C(Nc1ncnc2ccccc12)C(=O)NCc1n[nH]c2c1CCCCC2. The maximum Gasteiger partial charge on any atom is 0.243 e. The molecule has 2 heterocycles. The van der Waals surface area contributed by atoms with Gasteiger partial charge < -0.3 is 10.6 Å². The van der Waals surface area contributed by atoms with Crippen LogP contribution >= 0.6 is 0 Å². The van der Waals surface area contributed by atoms with E-state index in [1.54, 1.807) is 0 Å². The van der Waals surface area contributed by atoms with Gasteiger partial charge in [0.25, 0.3) is 0 Å². The van der Waals surface area contributed by atoms with Crippen LogP contribution in [0.1, 0.15) is 50.1 Å².